The van der Waals surface area contributed by atoms with Crippen LogP contribution in [0.25, 0.3) is 0 Å². The summed E-state index contributed by atoms with van der Waals surface area (Å²) < 4.78 is 0. The molecule has 1 fully saturated rings. The molecule has 0 aromatic carbocycles. The molecule has 0 saturated heterocycles. The Morgan fingerprint density at radius 3 is 2.72 bits per heavy atom. The molecule has 0 radical (unpaired) electrons. The van der Waals surface area contributed by atoms with Gasteiger partial charge in [0.15, 0.2) is 0 Å². The standard InChI is InChI=1S/C13H21N3O2/c1-7(14-6-10-4-11(17)5-10)12-8(2)15-9(3)16-13(12)18/h7,10-11,14,17H,4-6H2,1-3H3,(H,15,16,18). The Kier molecular flexibility index (Phi) is 3.82. The average Bonchev–Trinajstić information content (AvgIpc) is 2.21. The second-order valence-corrected chi connectivity index (χ2v) is 5.27. The maximum atomic E-state index is 11.9. The van der Waals surface area contributed by atoms with E-state index in [2.05, 4.69) is 15.3 Å². The number of aryl methyl sites for hydroxylation is 2. The number of aromatic nitrogens is 2. The lowest BCUT2D eigenvalue weighted by molar-refractivity contribution is 0.0420. The van der Waals surface area contributed by atoms with Crippen LogP contribution in [-0.2, 0) is 0 Å². The van der Waals surface area contributed by atoms with Crippen LogP contribution in [0, 0.1) is 19.8 Å². The van der Waals surface area contributed by atoms with Gasteiger partial charge in [-0.05, 0) is 46.1 Å². The molecule has 1 saturated carbocycles. The molecule has 5 heteroatoms. The topological polar surface area (TPSA) is 78.0 Å². The van der Waals surface area contributed by atoms with Gasteiger partial charge in [-0.25, -0.2) is 4.98 Å². The lowest BCUT2D eigenvalue weighted by Gasteiger charge is -2.32. The molecule has 3 N–H and O–H groups in total. The van der Waals surface area contributed by atoms with Crippen molar-refractivity contribution in [2.75, 3.05) is 6.54 Å². The van der Waals surface area contributed by atoms with E-state index in [0.29, 0.717) is 17.3 Å². The highest BCUT2D eigenvalue weighted by molar-refractivity contribution is 5.20. The zero-order valence-electron chi connectivity index (χ0n) is 11.2. The number of hydrogen-bond donors (Lipinski definition) is 3. The molecular weight excluding hydrogens is 230 g/mol. The zero-order chi connectivity index (χ0) is 13.3. The van der Waals surface area contributed by atoms with E-state index < -0.39 is 0 Å². The fraction of sp³-hybridized carbons (Fsp3) is 0.692. The van der Waals surface area contributed by atoms with Gasteiger partial charge in [0.25, 0.3) is 5.56 Å². The molecule has 2 rings (SSSR count). The van der Waals surface area contributed by atoms with E-state index in [1.807, 2.05) is 13.8 Å². The number of aliphatic hydroxyl groups excluding tert-OH is 1. The number of aliphatic hydroxyl groups is 1. The quantitative estimate of drug-likeness (QED) is 0.740. The summed E-state index contributed by atoms with van der Waals surface area (Å²) in [5, 5.41) is 12.6. The third-order valence-electron chi connectivity index (χ3n) is 3.62. The molecule has 0 aliphatic heterocycles. The smallest absolute Gasteiger partial charge is 0.255 e. The third-order valence-corrected chi connectivity index (χ3v) is 3.62. The van der Waals surface area contributed by atoms with E-state index in [1.54, 1.807) is 6.92 Å². The molecule has 1 aromatic rings. The van der Waals surface area contributed by atoms with E-state index in [1.165, 1.54) is 0 Å². The second-order valence-electron chi connectivity index (χ2n) is 5.27. The third kappa shape index (κ3) is 2.79. The summed E-state index contributed by atoms with van der Waals surface area (Å²) in [5.41, 5.74) is 1.43. The van der Waals surface area contributed by atoms with E-state index in [0.717, 1.165) is 25.1 Å². The van der Waals surface area contributed by atoms with Crippen molar-refractivity contribution >= 4 is 0 Å². The number of rotatable bonds is 4. The lowest BCUT2D eigenvalue weighted by atomic mass is 9.82. The van der Waals surface area contributed by atoms with Crippen molar-refractivity contribution < 1.29 is 5.11 Å². The first kappa shape index (κ1) is 13.2. The minimum absolute atomic E-state index is 0.0143. The molecule has 1 aliphatic carbocycles. The largest absolute Gasteiger partial charge is 0.393 e. The van der Waals surface area contributed by atoms with Gasteiger partial charge in [-0.3, -0.25) is 4.79 Å². The van der Waals surface area contributed by atoms with Crippen LogP contribution >= 0.6 is 0 Å². The highest BCUT2D eigenvalue weighted by Crippen LogP contribution is 2.26. The Bertz CT molecular complexity index is 478. The van der Waals surface area contributed by atoms with Crippen LogP contribution in [0.15, 0.2) is 4.79 Å². The number of aromatic amines is 1. The van der Waals surface area contributed by atoms with Gasteiger partial charge in [-0.2, -0.15) is 0 Å². The lowest BCUT2D eigenvalue weighted by Crippen LogP contribution is -2.38. The van der Waals surface area contributed by atoms with Gasteiger partial charge in [0.2, 0.25) is 0 Å². The fourth-order valence-electron chi connectivity index (χ4n) is 2.56. The molecule has 0 spiro atoms. The van der Waals surface area contributed by atoms with E-state index in [-0.39, 0.29) is 17.7 Å². The Morgan fingerprint density at radius 2 is 2.17 bits per heavy atom. The van der Waals surface area contributed by atoms with Crippen LogP contribution in [0.5, 0.6) is 0 Å². The second kappa shape index (κ2) is 5.20. The summed E-state index contributed by atoms with van der Waals surface area (Å²) in [4.78, 5) is 18.9. The molecule has 18 heavy (non-hydrogen) atoms. The van der Waals surface area contributed by atoms with Gasteiger partial charge >= 0.3 is 0 Å². The Balaban J connectivity index is 2.00. The van der Waals surface area contributed by atoms with Crippen LogP contribution < -0.4 is 10.9 Å². The first-order valence-corrected chi connectivity index (χ1v) is 6.46. The fourth-order valence-corrected chi connectivity index (χ4v) is 2.56. The van der Waals surface area contributed by atoms with Gasteiger partial charge < -0.3 is 15.4 Å². The Hall–Kier alpha value is -1.20. The van der Waals surface area contributed by atoms with Crippen molar-refractivity contribution in [3.8, 4) is 0 Å². The van der Waals surface area contributed by atoms with Crippen LogP contribution in [0.3, 0.4) is 0 Å². The molecule has 5 nitrogen and oxygen atoms in total. The summed E-state index contributed by atoms with van der Waals surface area (Å²) in [7, 11) is 0. The monoisotopic (exact) mass is 251 g/mol. The molecule has 1 unspecified atom stereocenters. The summed E-state index contributed by atoms with van der Waals surface area (Å²) in [5.74, 6) is 1.18. The van der Waals surface area contributed by atoms with Crippen LogP contribution in [0.1, 0.15) is 42.9 Å². The molecule has 1 heterocycles. The zero-order valence-corrected chi connectivity index (χ0v) is 11.2. The highest BCUT2D eigenvalue weighted by Gasteiger charge is 2.27. The summed E-state index contributed by atoms with van der Waals surface area (Å²) in [6.45, 7) is 6.46. The number of nitrogens with zero attached hydrogens (tertiary/aromatic N) is 1. The van der Waals surface area contributed by atoms with E-state index in [4.69, 9.17) is 0 Å². The van der Waals surface area contributed by atoms with E-state index in [9.17, 15) is 9.90 Å². The average molecular weight is 251 g/mol. The molecular formula is C13H21N3O2. The van der Waals surface area contributed by atoms with Gasteiger partial charge in [0.05, 0.1) is 11.7 Å². The summed E-state index contributed by atoms with van der Waals surface area (Å²) in [6.07, 6.45) is 1.60. The van der Waals surface area contributed by atoms with Gasteiger partial charge in [-0.1, -0.05) is 0 Å². The SMILES string of the molecule is Cc1nc(C)c(C(C)NCC2CC(O)C2)c(=O)[nH]1. The van der Waals surface area contributed by atoms with Crippen LogP contribution in [0.2, 0.25) is 0 Å². The first-order valence-electron chi connectivity index (χ1n) is 6.46. The minimum atomic E-state index is -0.127. The molecule has 100 valence electrons. The Morgan fingerprint density at radius 1 is 1.50 bits per heavy atom. The normalized spacial score (nSPS) is 24.7. The molecule has 1 atom stereocenters. The van der Waals surface area contributed by atoms with Crippen LogP contribution in [-0.4, -0.2) is 27.7 Å². The van der Waals surface area contributed by atoms with Gasteiger partial charge in [0.1, 0.15) is 5.82 Å². The minimum Gasteiger partial charge on any atom is -0.393 e. The molecule has 0 bridgehead atoms. The highest BCUT2D eigenvalue weighted by atomic mass is 16.3. The molecule has 1 aromatic heterocycles. The van der Waals surface area contributed by atoms with E-state index >= 15 is 0 Å². The summed E-state index contributed by atoms with van der Waals surface area (Å²) in [6, 6.07) is -0.0143. The van der Waals surface area contributed by atoms with Crippen molar-refractivity contribution in [3.63, 3.8) is 0 Å². The van der Waals surface area contributed by atoms with Crippen molar-refractivity contribution in [2.24, 2.45) is 5.92 Å². The maximum Gasteiger partial charge on any atom is 0.255 e. The van der Waals surface area contributed by atoms with Crippen molar-refractivity contribution in [3.05, 3.63) is 27.4 Å². The Labute approximate surface area is 107 Å². The predicted octanol–water partition coefficient (Wildman–Crippen LogP) is 0.808. The number of hydrogen-bond acceptors (Lipinski definition) is 4. The van der Waals surface area contributed by atoms with Crippen molar-refractivity contribution in [1.29, 1.82) is 0 Å². The van der Waals surface area contributed by atoms with Crippen molar-refractivity contribution in [1.82, 2.24) is 15.3 Å². The van der Waals surface area contributed by atoms with Gasteiger partial charge in [0, 0.05) is 11.7 Å². The number of H-pyrrole nitrogens is 1. The van der Waals surface area contributed by atoms with Crippen LogP contribution in [0.4, 0.5) is 0 Å². The first-order chi connectivity index (χ1) is 8.47. The summed E-state index contributed by atoms with van der Waals surface area (Å²) >= 11 is 0. The van der Waals surface area contributed by atoms with Crippen molar-refractivity contribution in [2.45, 2.75) is 45.8 Å². The predicted molar refractivity (Wildman–Crippen MR) is 69.5 cm³/mol. The molecule has 1 aliphatic rings. The van der Waals surface area contributed by atoms with Gasteiger partial charge in [-0.15, -0.1) is 0 Å². The number of nitrogens with one attached hydrogen (secondary N) is 2. The maximum absolute atomic E-state index is 11.9. The molecule has 0 amide bonds.